The first-order valence-electron chi connectivity index (χ1n) is 14.1. The van der Waals surface area contributed by atoms with E-state index in [9.17, 15) is 18.0 Å². The summed E-state index contributed by atoms with van der Waals surface area (Å²) in [5.74, 6) is -0.775. The third-order valence-corrected chi connectivity index (χ3v) is 7.99. The maximum absolute atomic E-state index is 12.7. The van der Waals surface area contributed by atoms with Gasteiger partial charge in [-0.1, -0.05) is 38.1 Å². The first-order valence-corrected chi connectivity index (χ1v) is 15.6. The zero-order valence-corrected chi connectivity index (χ0v) is 26.7. The minimum Gasteiger partial charge on any atom is -0.493 e. The topological polar surface area (TPSA) is 132 Å². The molecule has 232 valence electrons. The Balaban J connectivity index is 1.50. The molecule has 0 aliphatic rings. The highest BCUT2D eigenvalue weighted by atomic mass is 32.2. The molecule has 0 bridgehead atoms. The van der Waals surface area contributed by atoms with Crippen molar-refractivity contribution in [1.82, 2.24) is 4.98 Å². The molecule has 0 fully saturated rings. The van der Waals surface area contributed by atoms with Crippen LogP contribution in [0.1, 0.15) is 76.4 Å². The predicted molar refractivity (Wildman–Crippen MR) is 166 cm³/mol. The van der Waals surface area contributed by atoms with Crippen molar-refractivity contribution in [2.24, 2.45) is 10.8 Å². The van der Waals surface area contributed by atoms with Crippen LogP contribution in [0.5, 0.6) is 5.75 Å². The van der Waals surface area contributed by atoms with Crippen molar-refractivity contribution in [3.63, 3.8) is 0 Å². The predicted octanol–water partition coefficient (Wildman–Crippen LogP) is 6.53. The van der Waals surface area contributed by atoms with E-state index in [1.807, 2.05) is 34.6 Å². The Kier molecular flexibility index (Phi) is 10.3. The summed E-state index contributed by atoms with van der Waals surface area (Å²) in [6.07, 6.45) is 3.28. The highest BCUT2D eigenvalue weighted by Gasteiger charge is 2.37. The molecule has 0 amide bonds. The zero-order chi connectivity index (χ0) is 32.1. The SMILES string of the molecule is CC(C)(Cc1ccc(CCOc2ccc(S(=O)(=O)Nc3ccc(C(=O)O)cn3)cc2)cc1)CC(C)(C)C(=O)OC(C)(C)C. The van der Waals surface area contributed by atoms with Crippen molar-refractivity contribution in [1.29, 1.82) is 0 Å². The number of aromatic nitrogens is 1. The number of anilines is 1. The van der Waals surface area contributed by atoms with E-state index in [0.29, 0.717) is 25.2 Å². The number of pyridine rings is 1. The van der Waals surface area contributed by atoms with Gasteiger partial charge in [0.2, 0.25) is 0 Å². The van der Waals surface area contributed by atoms with Gasteiger partial charge in [-0.15, -0.1) is 0 Å². The van der Waals surface area contributed by atoms with Gasteiger partial charge in [0.25, 0.3) is 10.0 Å². The van der Waals surface area contributed by atoms with Crippen LogP contribution < -0.4 is 9.46 Å². The van der Waals surface area contributed by atoms with Crippen LogP contribution in [-0.2, 0) is 32.4 Å². The first-order chi connectivity index (χ1) is 19.9. The number of aromatic carboxylic acids is 1. The summed E-state index contributed by atoms with van der Waals surface area (Å²) in [4.78, 5) is 27.5. The minimum absolute atomic E-state index is 0.0181. The molecule has 0 unspecified atom stereocenters. The number of carboxylic acids is 1. The van der Waals surface area contributed by atoms with Crippen molar-refractivity contribution in [3.8, 4) is 5.75 Å². The van der Waals surface area contributed by atoms with Gasteiger partial charge in [0, 0.05) is 12.6 Å². The van der Waals surface area contributed by atoms with Crippen LogP contribution >= 0.6 is 0 Å². The Bertz CT molecular complexity index is 1510. The normalized spacial score (nSPS) is 12.4. The molecule has 1 aromatic heterocycles. The third-order valence-electron chi connectivity index (χ3n) is 6.62. The van der Waals surface area contributed by atoms with Gasteiger partial charge in [-0.25, -0.2) is 18.2 Å². The monoisotopic (exact) mass is 610 g/mol. The van der Waals surface area contributed by atoms with Crippen LogP contribution in [0, 0.1) is 10.8 Å². The Morgan fingerprint density at radius 3 is 2.00 bits per heavy atom. The van der Waals surface area contributed by atoms with E-state index in [4.69, 9.17) is 14.6 Å². The smallest absolute Gasteiger partial charge is 0.337 e. The van der Waals surface area contributed by atoms with E-state index in [2.05, 4.69) is 47.8 Å². The molecule has 9 nitrogen and oxygen atoms in total. The fraction of sp³-hybridized carbons (Fsp3) is 0.424. The second kappa shape index (κ2) is 13.2. The molecule has 0 spiro atoms. The summed E-state index contributed by atoms with van der Waals surface area (Å²) in [6.45, 7) is 14.3. The van der Waals surface area contributed by atoms with Gasteiger partial charge in [0.1, 0.15) is 17.2 Å². The number of rotatable bonds is 13. The number of benzene rings is 2. The maximum Gasteiger partial charge on any atom is 0.337 e. The lowest BCUT2D eigenvalue weighted by molar-refractivity contribution is -0.167. The molecule has 0 saturated heterocycles. The van der Waals surface area contributed by atoms with Gasteiger partial charge in [-0.2, -0.15) is 0 Å². The van der Waals surface area contributed by atoms with Crippen LogP contribution in [0.25, 0.3) is 0 Å². The van der Waals surface area contributed by atoms with Crippen LogP contribution in [-0.4, -0.2) is 42.7 Å². The summed E-state index contributed by atoms with van der Waals surface area (Å²) in [5.41, 5.74) is 1.04. The van der Waals surface area contributed by atoms with Gasteiger partial charge in [-0.05, 0) is 100 Å². The van der Waals surface area contributed by atoms with Crippen LogP contribution in [0.3, 0.4) is 0 Å². The average Bonchev–Trinajstić information content (AvgIpc) is 2.88. The van der Waals surface area contributed by atoms with Crippen molar-refractivity contribution in [2.45, 2.75) is 78.2 Å². The van der Waals surface area contributed by atoms with E-state index < -0.39 is 27.0 Å². The fourth-order valence-electron chi connectivity index (χ4n) is 4.90. The molecule has 0 radical (unpaired) electrons. The molecule has 43 heavy (non-hydrogen) atoms. The highest BCUT2D eigenvalue weighted by Crippen LogP contribution is 2.38. The molecule has 3 aromatic rings. The van der Waals surface area contributed by atoms with Gasteiger partial charge in [0.05, 0.1) is 22.5 Å². The third kappa shape index (κ3) is 10.4. The molecule has 0 aliphatic carbocycles. The first kappa shape index (κ1) is 33.6. The summed E-state index contributed by atoms with van der Waals surface area (Å²) in [5, 5.41) is 8.95. The number of esters is 1. The Morgan fingerprint density at radius 1 is 0.860 bits per heavy atom. The Labute approximate surface area is 254 Å². The summed E-state index contributed by atoms with van der Waals surface area (Å²) < 4.78 is 39.1. The van der Waals surface area contributed by atoms with Gasteiger partial charge < -0.3 is 14.6 Å². The van der Waals surface area contributed by atoms with Crippen LogP contribution in [0.15, 0.2) is 71.8 Å². The summed E-state index contributed by atoms with van der Waals surface area (Å²) in [6, 6.07) is 17.0. The summed E-state index contributed by atoms with van der Waals surface area (Å²) >= 11 is 0. The van der Waals surface area contributed by atoms with Crippen molar-refractivity contribution in [3.05, 3.63) is 83.6 Å². The van der Waals surface area contributed by atoms with E-state index >= 15 is 0 Å². The molecule has 0 aliphatic heterocycles. The fourth-order valence-corrected chi connectivity index (χ4v) is 5.91. The van der Waals surface area contributed by atoms with E-state index in [-0.39, 0.29) is 27.7 Å². The van der Waals surface area contributed by atoms with Crippen molar-refractivity contribution < 1.29 is 32.6 Å². The van der Waals surface area contributed by atoms with Gasteiger partial charge in [-0.3, -0.25) is 9.52 Å². The lowest BCUT2D eigenvalue weighted by Crippen LogP contribution is -2.37. The van der Waals surface area contributed by atoms with Gasteiger partial charge in [0.15, 0.2) is 0 Å². The lowest BCUT2D eigenvalue weighted by Gasteiger charge is -2.35. The minimum atomic E-state index is -3.90. The number of carbonyl (C=O) groups is 2. The maximum atomic E-state index is 12.7. The Morgan fingerprint density at radius 2 is 1.47 bits per heavy atom. The molecule has 2 N–H and O–H groups in total. The zero-order valence-electron chi connectivity index (χ0n) is 25.9. The molecule has 3 rings (SSSR count). The molecule has 1 heterocycles. The quantitative estimate of drug-likeness (QED) is 0.209. The standard InChI is InChI=1S/C33H42N2O7S/c1-31(2,3)42-30(38)33(6,7)22-32(4,5)20-24-10-8-23(9-11-24)18-19-41-26-13-15-27(16-14-26)43(39,40)35-28-17-12-25(21-34-28)29(36)37/h8-17,21H,18-20,22H2,1-7H3,(H,34,35)(H,36,37). The molecular formula is C33H42N2O7S. The molecule has 0 atom stereocenters. The van der Waals surface area contributed by atoms with Crippen LogP contribution in [0.4, 0.5) is 5.82 Å². The van der Waals surface area contributed by atoms with E-state index in [1.54, 1.807) is 12.1 Å². The number of ether oxygens (including phenoxy) is 2. The van der Waals surface area contributed by atoms with Crippen molar-refractivity contribution in [2.75, 3.05) is 11.3 Å². The Hall–Kier alpha value is -3.92. The second-order valence-electron chi connectivity index (χ2n) is 13.1. The lowest BCUT2D eigenvalue weighted by atomic mass is 9.72. The molecule has 2 aromatic carbocycles. The van der Waals surface area contributed by atoms with Crippen LogP contribution in [0.2, 0.25) is 0 Å². The second-order valence-corrected chi connectivity index (χ2v) is 14.8. The number of nitrogens with zero attached hydrogens (tertiary/aromatic N) is 1. The van der Waals surface area contributed by atoms with E-state index in [1.165, 1.54) is 29.8 Å². The summed E-state index contributed by atoms with van der Waals surface area (Å²) in [7, 11) is -3.90. The largest absolute Gasteiger partial charge is 0.493 e. The average molecular weight is 611 g/mol. The number of carboxylic acid groups (broad SMARTS) is 1. The molecule has 0 saturated carbocycles. The van der Waals surface area contributed by atoms with Gasteiger partial charge >= 0.3 is 11.9 Å². The van der Waals surface area contributed by atoms with E-state index in [0.717, 1.165) is 18.2 Å². The number of sulfonamides is 1. The highest BCUT2D eigenvalue weighted by molar-refractivity contribution is 7.92. The van der Waals surface area contributed by atoms with Crippen molar-refractivity contribution >= 4 is 27.8 Å². The number of hydrogen-bond acceptors (Lipinski definition) is 7. The number of hydrogen-bond donors (Lipinski definition) is 2. The molecular weight excluding hydrogens is 568 g/mol. The molecule has 10 heteroatoms. The number of nitrogens with one attached hydrogen (secondary N) is 1. The number of carbonyl (C=O) groups excluding carboxylic acids is 1.